The summed E-state index contributed by atoms with van der Waals surface area (Å²) in [4.78, 5) is 18.1. The number of rotatable bonds is 4. The molecule has 0 amide bonds. The van der Waals surface area contributed by atoms with Gasteiger partial charge < -0.3 is 10.4 Å². The zero-order valence-corrected chi connectivity index (χ0v) is 8.38. The highest BCUT2D eigenvalue weighted by atomic mass is 35.5. The quantitative estimate of drug-likeness (QED) is 0.741. The first-order chi connectivity index (χ1) is 6.58. The third kappa shape index (κ3) is 3.57. The number of halogens is 1. The Hall–Kier alpha value is -1.36. The summed E-state index contributed by atoms with van der Waals surface area (Å²) >= 11 is 5.68. The summed E-state index contributed by atoms with van der Waals surface area (Å²) in [5.41, 5.74) is 0. The summed E-state index contributed by atoms with van der Waals surface area (Å²) in [6.07, 6.45) is 0.0423. The van der Waals surface area contributed by atoms with Crippen LogP contribution < -0.4 is 5.32 Å². The summed E-state index contributed by atoms with van der Waals surface area (Å²) in [5, 5.41) is 11.6. The van der Waals surface area contributed by atoms with Crippen molar-refractivity contribution in [3.8, 4) is 0 Å². The van der Waals surface area contributed by atoms with Crippen LogP contribution in [-0.2, 0) is 4.79 Å². The molecule has 0 aliphatic heterocycles. The van der Waals surface area contributed by atoms with E-state index in [1.807, 2.05) is 0 Å². The fourth-order valence-electron chi connectivity index (χ4n) is 0.919. The van der Waals surface area contributed by atoms with Gasteiger partial charge in [-0.3, -0.25) is 4.79 Å². The summed E-state index contributed by atoms with van der Waals surface area (Å²) in [6.45, 7) is 2.04. The van der Waals surface area contributed by atoms with E-state index in [0.717, 1.165) is 0 Å². The Kier molecular flexibility index (Phi) is 3.64. The lowest BCUT2D eigenvalue weighted by molar-refractivity contribution is -0.136. The molecule has 2 N–H and O–H groups in total. The Labute approximate surface area is 86.1 Å². The first-order valence-electron chi connectivity index (χ1n) is 4.05. The summed E-state index contributed by atoms with van der Waals surface area (Å²) in [7, 11) is 0. The zero-order chi connectivity index (χ0) is 10.6. The van der Waals surface area contributed by atoms with Crippen LogP contribution in [-0.4, -0.2) is 27.6 Å². The van der Waals surface area contributed by atoms with E-state index in [1.54, 1.807) is 13.0 Å². The van der Waals surface area contributed by atoms with Crippen molar-refractivity contribution < 1.29 is 9.90 Å². The highest BCUT2D eigenvalue weighted by Crippen LogP contribution is 2.10. The zero-order valence-electron chi connectivity index (χ0n) is 7.62. The van der Waals surface area contributed by atoms with Crippen LogP contribution in [0.5, 0.6) is 0 Å². The molecular formula is C8H10ClN3O2. The molecule has 1 aromatic heterocycles. The van der Waals surface area contributed by atoms with Crippen LogP contribution in [0.2, 0.25) is 5.15 Å². The summed E-state index contributed by atoms with van der Waals surface area (Å²) in [5.74, 6) is 0.244. The van der Waals surface area contributed by atoms with Crippen LogP contribution in [0.15, 0.2) is 6.07 Å². The molecule has 0 radical (unpaired) electrons. The van der Waals surface area contributed by atoms with Crippen LogP contribution in [0, 0.1) is 6.92 Å². The van der Waals surface area contributed by atoms with Gasteiger partial charge in [0, 0.05) is 12.6 Å². The molecule has 0 unspecified atom stereocenters. The van der Waals surface area contributed by atoms with Gasteiger partial charge in [-0.2, -0.15) is 0 Å². The molecule has 0 aromatic carbocycles. The smallest absolute Gasteiger partial charge is 0.305 e. The number of carbonyl (C=O) groups is 1. The van der Waals surface area contributed by atoms with Crippen molar-refractivity contribution >= 4 is 23.4 Å². The maximum Gasteiger partial charge on any atom is 0.305 e. The van der Waals surface area contributed by atoms with Crippen LogP contribution in [0.25, 0.3) is 0 Å². The van der Waals surface area contributed by atoms with Crippen molar-refractivity contribution in [1.29, 1.82) is 0 Å². The molecule has 14 heavy (non-hydrogen) atoms. The number of hydrogen-bond donors (Lipinski definition) is 2. The first-order valence-corrected chi connectivity index (χ1v) is 4.42. The molecule has 0 fully saturated rings. The van der Waals surface area contributed by atoms with Crippen LogP contribution in [0.4, 0.5) is 5.82 Å². The lowest BCUT2D eigenvalue weighted by Crippen LogP contribution is -2.09. The number of hydrogen-bond acceptors (Lipinski definition) is 4. The van der Waals surface area contributed by atoms with Crippen LogP contribution >= 0.6 is 11.6 Å². The second kappa shape index (κ2) is 4.76. The van der Waals surface area contributed by atoms with Gasteiger partial charge in [-0.1, -0.05) is 11.6 Å². The third-order valence-electron chi connectivity index (χ3n) is 1.45. The van der Waals surface area contributed by atoms with Crippen molar-refractivity contribution in [1.82, 2.24) is 9.97 Å². The molecular weight excluding hydrogens is 206 g/mol. The normalized spacial score (nSPS) is 9.86. The van der Waals surface area contributed by atoms with Gasteiger partial charge in [-0.25, -0.2) is 9.97 Å². The number of carboxylic acid groups (broad SMARTS) is 1. The summed E-state index contributed by atoms with van der Waals surface area (Å²) in [6, 6.07) is 1.55. The number of anilines is 1. The van der Waals surface area contributed by atoms with Gasteiger partial charge in [-0.15, -0.1) is 0 Å². The molecule has 76 valence electrons. The van der Waals surface area contributed by atoms with E-state index < -0.39 is 5.97 Å². The number of carboxylic acids is 1. The Morgan fingerprint density at radius 3 is 2.93 bits per heavy atom. The second-order valence-electron chi connectivity index (χ2n) is 2.69. The van der Waals surface area contributed by atoms with E-state index in [9.17, 15) is 4.79 Å². The SMILES string of the molecule is Cc1nc(Cl)cc(NCCC(=O)O)n1. The standard InChI is InChI=1S/C8H10ClN3O2/c1-5-11-6(9)4-7(12-5)10-3-2-8(13)14/h4H,2-3H2,1H3,(H,13,14)(H,10,11,12). The molecule has 0 atom stereocenters. The molecule has 0 spiro atoms. The Bertz CT molecular complexity index is 323. The van der Waals surface area contributed by atoms with Gasteiger partial charge in [0.05, 0.1) is 6.42 Å². The van der Waals surface area contributed by atoms with E-state index in [2.05, 4.69) is 15.3 Å². The van der Waals surface area contributed by atoms with E-state index in [4.69, 9.17) is 16.7 Å². The molecule has 5 nitrogen and oxygen atoms in total. The number of aliphatic carboxylic acids is 1. The maximum absolute atomic E-state index is 10.2. The van der Waals surface area contributed by atoms with Gasteiger partial charge in [-0.05, 0) is 6.92 Å². The van der Waals surface area contributed by atoms with Crippen LogP contribution in [0.3, 0.4) is 0 Å². The Morgan fingerprint density at radius 2 is 2.36 bits per heavy atom. The van der Waals surface area contributed by atoms with Gasteiger partial charge >= 0.3 is 5.97 Å². The molecule has 1 rings (SSSR count). The minimum absolute atomic E-state index is 0.0423. The predicted octanol–water partition coefficient (Wildman–Crippen LogP) is 1.33. The molecule has 0 saturated heterocycles. The lowest BCUT2D eigenvalue weighted by Gasteiger charge is -2.04. The number of aromatic nitrogens is 2. The topological polar surface area (TPSA) is 75.1 Å². The van der Waals surface area contributed by atoms with Crippen molar-refractivity contribution in [2.75, 3.05) is 11.9 Å². The van der Waals surface area contributed by atoms with Crippen molar-refractivity contribution in [3.63, 3.8) is 0 Å². The highest BCUT2D eigenvalue weighted by Gasteiger charge is 2.00. The van der Waals surface area contributed by atoms with E-state index >= 15 is 0 Å². The first kappa shape index (κ1) is 10.7. The molecule has 1 heterocycles. The minimum Gasteiger partial charge on any atom is -0.481 e. The van der Waals surface area contributed by atoms with Gasteiger partial charge in [0.1, 0.15) is 16.8 Å². The molecule has 1 aromatic rings. The second-order valence-corrected chi connectivity index (χ2v) is 3.08. The lowest BCUT2D eigenvalue weighted by atomic mass is 10.4. The third-order valence-corrected chi connectivity index (χ3v) is 1.65. The van der Waals surface area contributed by atoms with E-state index in [1.165, 1.54) is 0 Å². The van der Waals surface area contributed by atoms with E-state index in [-0.39, 0.29) is 6.42 Å². The summed E-state index contributed by atoms with van der Waals surface area (Å²) < 4.78 is 0. The predicted molar refractivity (Wildman–Crippen MR) is 52.5 cm³/mol. The van der Waals surface area contributed by atoms with Gasteiger partial charge in [0.15, 0.2) is 0 Å². The van der Waals surface area contributed by atoms with E-state index in [0.29, 0.717) is 23.3 Å². The highest BCUT2D eigenvalue weighted by molar-refractivity contribution is 6.29. The number of aryl methyl sites for hydroxylation is 1. The van der Waals surface area contributed by atoms with Crippen molar-refractivity contribution in [3.05, 3.63) is 17.0 Å². The van der Waals surface area contributed by atoms with Gasteiger partial charge in [0.25, 0.3) is 0 Å². The Morgan fingerprint density at radius 1 is 1.64 bits per heavy atom. The largest absolute Gasteiger partial charge is 0.481 e. The number of nitrogens with one attached hydrogen (secondary N) is 1. The molecule has 0 aliphatic rings. The average Bonchev–Trinajstić information content (AvgIpc) is 2.01. The average molecular weight is 216 g/mol. The molecule has 0 saturated carbocycles. The fraction of sp³-hybridized carbons (Fsp3) is 0.375. The molecule has 0 bridgehead atoms. The number of nitrogens with zero attached hydrogens (tertiary/aromatic N) is 2. The Balaban J connectivity index is 2.54. The van der Waals surface area contributed by atoms with Gasteiger partial charge in [0.2, 0.25) is 0 Å². The molecule has 6 heteroatoms. The van der Waals surface area contributed by atoms with Crippen molar-refractivity contribution in [2.45, 2.75) is 13.3 Å². The van der Waals surface area contributed by atoms with Crippen molar-refractivity contribution in [2.24, 2.45) is 0 Å². The molecule has 0 aliphatic carbocycles. The van der Waals surface area contributed by atoms with Crippen LogP contribution in [0.1, 0.15) is 12.2 Å². The maximum atomic E-state index is 10.2. The fourth-order valence-corrected chi connectivity index (χ4v) is 1.14. The minimum atomic E-state index is -0.852. The monoisotopic (exact) mass is 215 g/mol.